The van der Waals surface area contributed by atoms with E-state index in [0.717, 1.165) is 17.7 Å². The van der Waals surface area contributed by atoms with Crippen LogP contribution in [0.1, 0.15) is 18.4 Å². The van der Waals surface area contributed by atoms with Crippen molar-refractivity contribution >= 4 is 15.5 Å². The molecular weight excluding hydrogens is 241 g/mol. The molecule has 1 unspecified atom stereocenters. The molecule has 1 aliphatic heterocycles. The SMILES string of the molecule is Cc1cc(F)ccc1NC1CCCS(=O)(=O)C1. The predicted molar refractivity (Wildman–Crippen MR) is 66.4 cm³/mol. The molecule has 17 heavy (non-hydrogen) atoms. The number of hydrogen-bond donors (Lipinski definition) is 1. The Balaban J connectivity index is 2.10. The number of hydrogen-bond acceptors (Lipinski definition) is 3. The highest BCUT2D eigenvalue weighted by Crippen LogP contribution is 2.21. The van der Waals surface area contributed by atoms with Gasteiger partial charge in [-0.1, -0.05) is 0 Å². The average Bonchev–Trinajstić information content (AvgIpc) is 2.21. The Morgan fingerprint density at radius 2 is 2.18 bits per heavy atom. The van der Waals surface area contributed by atoms with Crippen LogP contribution < -0.4 is 5.32 Å². The van der Waals surface area contributed by atoms with Crippen LogP contribution in [-0.4, -0.2) is 26.0 Å². The Bertz CT molecular complexity index is 513. The average molecular weight is 257 g/mol. The molecule has 0 spiro atoms. The number of sulfone groups is 1. The Kier molecular flexibility index (Phi) is 3.38. The van der Waals surface area contributed by atoms with Crippen molar-refractivity contribution < 1.29 is 12.8 Å². The smallest absolute Gasteiger partial charge is 0.152 e. The normalized spacial score (nSPS) is 23.3. The van der Waals surface area contributed by atoms with Gasteiger partial charge in [0.15, 0.2) is 9.84 Å². The van der Waals surface area contributed by atoms with Crippen molar-refractivity contribution in [2.75, 3.05) is 16.8 Å². The van der Waals surface area contributed by atoms with Crippen LogP contribution in [0.2, 0.25) is 0 Å². The van der Waals surface area contributed by atoms with Gasteiger partial charge in [-0.25, -0.2) is 12.8 Å². The lowest BCUT2D eigenvalue weighted by Gasteiger charge is -2.24. The monoisotopic (exact) mass is 257 g/mol. The molecule has 1 aliphatic rings. The van der Waals surface area contributed by atoms with Gasteiger partial charge in [0.05, 0.1) is 11.5 Å². The van der Waals surface area contributed by atoms with Gasteiger partial charge in [0.25, 0.3) is 0 Å². The molecule has 3 nitrogen and oxygen atoms in total. The van der Waals surface area contributed by atoms with E-state index in [2.05, 4.69) is 5.32 Å². The number of halogens is 1. The second kappa shape index (κ2) is 4.64. The van der Waals surface area contributed by atoms with E-state index in [9.17, 15) is 12.8 Å². The molecule has 1 aromatic rings. The molecular formula is C12H16FNO2S. The van der Waals surface area contributed by atoms with Crippen LogP contribution in [0.5, 0.6) is 0 Å². The first-order valence-electron chi connectivity index (χ1n) is 5.69. The van der Waals surface area contributed by atoms with Crippen molar-refractivity contribution in [2.45, 2.75) is 25.8 Å². The standard InChI is InChI=1S/C12H16FNO2S/c1-9-7-10(13)4-5-12(9)14-11-3-2-6-17(15,16)8-11/h4-5,7,11,14H,2-3,6,8H2,1H3. The molecule has 1 saturated heterocycles. The van der Waals surface area contributed by atoms with E-state index in [0.29, 0.717) is 6.42 Å². The van der Waals surface area contributed by atoms with Gasteiger partial charge in [-0.3, -0.25) is 0 Å². The van der Waals surface area contributed by atoms with Gasteiger partial charge in [-0.05, 0) is 43.5 Å². The van der Waals surface area contributed by atoms with Crippen LogP contribution in [0.25, 0.3) is 0 Å². The number of anilines is 1. The highest BCUT2D eigenvalue weighted by atomic mass is 32.2. The second-order valence-electron chi connectivity index (χ2n) is 4.56. The van der Waals surface area contributed by atoms with Crippen molar-refractivity contribution in [3.05, 3.63) is 29.6 Å². The first kappa shape index (κ1) is 12.4. The topological polar surface area (TPSA) is 46.2 Å². The number of benzene rings is 1. The first-order valence-corrected chi connectivity index (χ1v) is 7.51. The lowest BCUT2D eigenvalue weighted by atomic mass is 10.1. The molecule has 0 saturated carbocycles. The summed E-state index contributed by atoms with van der Waals surface area (Å²) >= 11 is 0. The lowest BCUT2D eigenvalue weighted by Crippen LogP contribution is -2.35. The zero-order valence-electron chi connectivity index (χ0n) is 9.74. The third-order valence-electron chi connectivity index (χ3n) is 3.01. The molecule has 1 N–H and O–H groups in total. The van der Waals surface area contributed by atoms with Gasteiger partial charge in [0.2, 0.25) is 0 Å². The van der Waals surface area contributed by atoms with E-state index in [1.54, 1.807) is 6.07 Å². The maximum absolute atomic E-state index is 12.9. The van der Waals surface area contributed by atoms with Crippen molar-refractivity contribution in [3.63, 3.8) is 0 Å². The molecule has 0 amide bonds. The molecule has 1 fully saturated rings. The second-order valence-corrected chi connectivity index (χ2v) is 6.79. The zero-order chi connectivity index (χ0) is 12.5. The van der Waals surface area contributed by atoms with Crippen molar-refractivity contribution in [1.29, 1.82) is 0 Å². The van der Waals surface area contributed by atoms with Crippen molar-refractivity contribution in [3.8, 4) is 0 Å². The Morgan fingerprint density at radius 1 is 1.41 bits per heavy atom. The number of nitrogens with one attached hydrogen (secondary N) is 1. The fourth-order valence-corrected chi connectivity index (χ4v) is 3.78. The summed E-state index contributed by atoms with van der Waals surface area (Å²) < 4.78 is 35.9. The van der Waals surface area contributed by atoms with E-state index in [1.807, 2.05) is 6.92 Å². The molecule has 1 aromatic carbocycles. The minimum Gasteiger partial charge on any atom is -0.381 e. The van der Waals surface area contributed by atoms with Gasteiger partial charge in [-0.15, -0.1) is 0 Å². The molecule has 1 atom stereocenters. The first-order chi connectivity index (χ1) is 7.96. The highest BCUT2D eigenvalue weighted by Gasteiger charge is 2.24. The van der Waals surface area contributed by atoms with Crippen molar-refractivity contribution in [1.82, 2.24) is 0 Å². The van der Waals surface area contributed by atoms with Crippen LogP contribution in [-0.2, 0) is 9.84 Å². The summed E-state index contributed by atoms with van der Waals surface area (Å²) in [6, 6.07) is 4.43. The van der Waals surface area contributed by atoms with Crippen molar-refractivity contribution in [2.24, 2.45) is 0 Å². The number of aryl methyl sites for hydroxylation is 1. The molecule has 5 heteroatoms. The minimum atomic E-state index is -2.91. The quantitative estimate of drug-likeness (QED) is 0.882. The minimum absolute atomic E-state index is 0.0575. The summed E-state index contributed by atoms with van der Waals surface area (Å²) in [5.41, 5.74) is 1.61. The summed E-state index contributed by atoms with van der Waals surface area (Å²) in [5, 5.41) is 3.19. The summed E-state index contributed by atoms with van der Waals surface area (Å²) in [7, 11) is -2.91. The largest absolute Gasteiger partial charge is 0.381 e. The van der Waals surface area contributed by atoms with E-state index in [4.69, 9.17) is 0 Å². The van der Waals surface area contributed by atoms with Gasteiger partial charge < -0.3 is 5.32 Å². The summed E-state index contributed by atoms with van der Waals surface area (Å²) in [4.78, 5) is 0. The molecule has 2 rings (SSSR count). The molecule has 0 aliphatic carbocycles. The summed E-state index contributed by atoms with van der Waals surface area (Å²) in [6.07, 6.45) is 1.54. The van der Waals surface area contributed by atoms with Crippen LogP contribution in [0.15, 0.2) is 18.2 Å². The highest BCUT2D eigenvalue weighted by molar-refractivity contribution is 7.91. The maximum Gasteiger partial charge on any atom is 0.152 e. The van der Waals surface area contributed by atoms with Crippen LogP contribution >= 0.6 is 0 Å². The fraction of sp³-hybridized carbons (Fsp3) is 0.500. The maximum atomic E-state index is 12.9. The molecule has 94 valence electrons. The third-order valence-corrected chi connectivity index (χ3v) is 4.83. The van der Waals surface area contributed by atoms with E-state index < -0.39 is 9.84 Å². The summed E-state index contributed by atoms with van der Waals surface area (Å²) in [5.74, 6) is 0.182. The Morgan fingerprint density at radius 3 is 2.82 bits per heavy atom. The van der Waals surface area contributed by atoms with Gasteiger partial charge in [-0.2, -0.15) is 0 Å². The van der Waals surface area contributed by atoms with Crippen LogP contribution in [0, 0.1) is 12.7 Å². The van der Waals surface area contributed by atoms with E-state index in [1.165, 1.54) is 12.1 Å². The lowest BCUT2D eigenvalue weighted by molar-refractivity contribution is 0.561. The molecule has 1 heterocycles. The van der Waals surface area contributed by atoms with Gasteiger partial charge in [0.1, 0.15) is 5.82 Å². The van der Waals surface area contributed by atoms with Gasteiger partial charge in [0, 0.05) is 11.7 Å². The van der Waals surface area contributed by atoms with Gasteiger partial charge >= 0.3 is 0 Å². The molecule has 0 radical (unpaired) electrons. The molecule has 0 bridgehead atoms. The van der Waals surface area contributed by atoms with E-state index >= 15 is 0 Å². The van der Waals surface area contributed by atoms with E-state index in [-0.39, 0.29) is 23.4 Å². The third kappa shape index (κ3) is 3.19. The number of rotatable bonds is 2. The molecule has 0 aromatic heterocycles. The fourth-order valence-electron chi connectivity index (χ4n) is 2.15. The zero-order valence-corrected chi connectivity index (χ0v) is 10.6. The van der Waals surface area contributed by atoms with Crippen LogP contribution in [0.3, 0.4) is 0 Å². The Labute approximate surface area is 101 Å². The Hall–Kier alpha value is -1.10. The van der Waals surface area contributed by atoms with Crippen LogP contribution in [0.4, 0.5) is 10.1 Å². The summed E-state index contributed by atoms with van der Waals surface area (Å²) in [6.45, 7) is 1.81. The predicted octanol–water partition coefficient (Wildman–Crippen LogP) is 2.12.